The number of carbonyl (C=O) groups is 1. The van der Waals surface area contributed by atoms with E-state index < -0.39 is 0 Å². The van der Waals surface area contributed by atoms with Gasteiger partial charge in [-0.2, -0.15) is 0 Å². The van der Waals surface area contributed by atoms with E-state index in [1.165, 1.54) is 0 Å². The van der Waals surface area contributed by atoms with Gasteiger partial charge in [-0.1, -0.05) is 17.7 Å². The summed E-state index contributed by atoms with van der Waals surface area (Å²) in [6.07, 6.45) is 1.38. The fourth-order valence-corrected chi connectivity index (χ4v) is 1.61. The molecule has 0 heterocycles. The van der Waals surface area contributed by atoms with Crippen molar-refractivity contribution in [2.45, 2.75) is 12.8 Å². The molecule has 1 aromatic carbocycles. The van der Waals surface area contributed by atoms with Crippen LogP contribution in [-0.2, 0) is 4.79 Å². The molecular formula is C13H19ClN2O2. The van der Waals surface area contributed by atoms with Gasteiger partial charge in [-0.05, 0) is 38.2 Å². The minimum absolute atomic E-state index is 0.0555. The number of nitrogens with one attached hydrogen (secondary N) is 2. The second-order valence-corrected chi connectivity index (χ2v) is 4.30. The normalized spacial score (nSPS) is 10.1. The Labute approximate surface area is 113 Å². The Kier molecular flexibility index (Phi) is 7.22. The Morgan fingerprint density at radius 3 is 2.94 bits per heavy atom. The first-order valence-electron chi connectivity index (χ1n) is 6.02. The largest absolute Gasteiger partial charge is 0.492 e. The van der Waals surface area contributed by atoms with E-state index in [1.807, 2.05) is 19.2 Å². The van der Waals surface area contributed by atoms with Crippen LogP contribution in [0.25, 0.3) is 0 Å². The van der Waals surface area contributed by atoms with Crippen molar-refractivity contribution in [3.8, 4) is 5.75 Å². The number of ether oxygens (including phenoxy) is 1. The second-order valence-electron chi connectivity index (χ2n) is 3.86. The molecule has 0 atom stereocenters. The highest BCUT2D eigenvalue weighted by molar-refractivity contribution is 6.30. The SMILES string of the molecule is CNCCCC(=O)NCCOc1cccc(Cl)c1. The van der Waals surface area contributed by atoms with Gasteiger partial charge in [0.05, 0.1) is 6.54 Å². The smallest absolute Gasteiger partial charge is 0.220 e. The quantitative estimate of drug-likeness (QED) is 0.709. The third-order valence-corrected chi connectivity index (χ3v) is 2.55. The van der Waals surface area contributed by atoms with E-state index in [-0.39, 0.29) is 5.91 Å². The molecule has 0 aliphatic rings. The van der Waals surface area contributed by atoms with Gasteiger partial charge in [0.25, 0.3) is 0 Å². The maximum absolute atomic E-state index is 11.4. The van der Waals surface area contributed by atoms with E-state index in [4.69, 9.17) is 16.3 Å². The van der Waals surface area contributed by atoms with Crippen LogP contribution in [-0.4, -0.2) is 32.7 Å². The van der Waals surface area contributed by atoms with Crippen molar-refractivity contribution in [1.29, 1.82) is 0 Å². The predicted octanol–water partition coefficient (Wildman–Crippen LogP) is 1.83. The third kappa shape index (κ3) is 6.47. The summed E-state index contributed by atoms with van der Waals surface area (Å²) in [6, 6.07) is 7.20. The van der Waals surface area contributed by atoms with Crippen molar-refractivity contribution in [2.75, 3.05) is 26.7 Å². The van der Waals surface area contributed by atoms with Gasteiger partial charge in [-0.15, -0.1) is 0 Å². The molecule has 1 aromatic rings. The minimum atomic E-state index is 0.0555. The first-order chi connectivity index (χ1) is 8.72. The van der Waals surface area contributed by atoms with Gasteiger partial charge in [0.2, 0.25) is 5.91 Å². The first-order valence-corrected chi connectivity index (χ1v) is 6.40. The lowest BCUT2D eigenvalue weighted by molar-refractivity contribution is -0.121. The number of rotatable bonds is 8. The van der Waals surface area contributed by atoms with Gasteiger partial charge >= 0.3 is 0 Å². The Hall–Kier alpha value is -1.26. The minimum Gasteiger partial charge on any atom is -0.492 e. The molecule has 0 fully saturated rings. The molecule has 0 aromatic heterocycles. The Morgan fingerprint density at radius 1 is 1.39 bits per heavy atom. The molecule has 18 heavy (non-hydrogen) atoms. The van der Waals surface area contributed by atoms with Crippen LogP contribution in [0.4, 0.5) is 0 Å². The van der Waals surface area contributed by atoms with Crippen molar-refractivity contribution in [1.82, 2.24) is 10.6 Å². The van der Waals surface area contributed by atoms with Crippen LogP contribution in [0.2, 0.25) is 5.02 Å². The third-order valence-electron chi connectivity index (χ3n) is 2.32. The average molecular weight is 271 g/mol. The summed E-state index contributed by atoms with van der Waals surface area (Å²) >= 11 is 5.82. The van der Waals surface area contributed by atoms with E-state index in [0.29, 0.717) is 30.3 Å². The molecule has 0 radical (unpaired) electrons. The second kappa shape index (κ2) is 8.78. The molecule has 0 spiro atoms. The highest BCUT2D eigenvalue weighted by Crippen LogP contribution is 2.16. The molecule has 5 heteroatoms. The van der Waals surface area contributed by atoms with Crippen molar-refractivity contribution >= 4 is 17.5 Å². The zero-order chi connectivity index (χ0) is 13.2. The van der Waals surface area contributed by atoms with Crippen molar-refractivity contribution in [2.24, 2.45) is 0 Å². The van der Waals surface area contributed by atoms with Gasteiger partial charge in [-0.3, -0.25) is 4.79 Å². The van der Waals surface area contributed by atoms with E-state index in [2.05, 4.69) is 10.6 Å². The molecule has 0 aliphatic carbocycles. The van der Waals surface area contributed by atoms with Gasteiger partial charge in [0.1, 0.15) is 12.4 Å². The summed E-state index contributed by atoms with van der Waals surface area (Å²) in [5, 5.41) is 6.44. The lowest BCUT2D eigenvalue weighted by Crippen LogP contribution is -2.28. The summed E-state index contributed by atoms with van der Waals surface area (Å²) < 4.78 is 5.45. The van der Waals surface area contributed by atoms with Crippen molar-refractivity contribution in [3.05, 3.63) is 29.3 Å². The van der Waals surface area contributed by atoms with Crippen LogP contribution in [0.3, 0.4) is 0 Å². The van der Waals surface area contributed by atoms with E-state index in [1.54, 1.807) is 12.1 Å². The summed E-state index contributed by atoms with van der Waals surface area (Å²) in [7, 11) is 1.87. The molecule has 0 bridgehead atoms. The van der Waals surface area contributed by atoms with Gasteiger partial charge in [0.15, 0.2) is 0 Å². The molecule has 0 saturated heterocycles. The fraction of sp³-hybridized carbons (Fsp3) is 0.462. The maximum atomic E-state index is 11.4. The predicted molar refractivity (Wildman–Crippen MR) is 73.1 cm³/mol. The first kappa shape index (κ1) is 14.8. The van der Waals surface area contributed by atoms with Gasteiger partial charge in [0, 0.05) is 11.4 Å². The van der Waals surface area contributed by atoms with Crippen LogP contribution in [0.1, 0.15) is 12.8 Å². The molecular weight excluding hydrogens is 252 g/mol. The fourth-order valence-electron chi connectivity index (χ4n) is 1.43. The molecule has 0 unspecified atom stereocenters. The standard InChI is InChI=1S/C13H19ClN2O2/c1-15-7-3-6-13(17)16-8-9-18-12-5-2-4-11(14)10-12/h2,4-5,10,15H,3,6-9H2,1H3,(H,16,17). The van der Waals surface area contributed by atoms with Crippen LogP contribution < -0.4 is 15.4 Å². The van der Waals surface area contributed by atoms with Crippen LogP contribution in [0.5, 0.6) is 5.75 Å². The lowest BCUT2D eigenvalue weighted by Gasteiger charge is -2.08. The number of hydrogen-bond donors (Lipinski definition) is 2. The monoisotopic (exact) mass is 270 g/mol. The molecule has 100 valence electrons. The molecule has 1 rings (SSSR count). The molecule has 0 aliphatic heterocycles. The molecule has 1 amide bonds. The Bertz CT molecular complexity index is 372. The summed E-state index contributed by atoms with van der Waals surface area (Å²) in [4.78, 5) is 11.4. The topological polar surface area (TPSA) is 50.4 Å². The Morgan fingerprint density at radius 2 is 2.22 bits per heavy atom. The van der Waals surface area contributed by atoms with Gasteiger partial charge in [-0.25, -0.2) is 0 Å². The highest BCUT2D eigenvalue weighted by Gasteiger charge is 2.00. The van der Waals surface area contributed by atoms with Crippen molar-refractivity contribution in [3.63, 3.8) is 0 Å². The number of carbonyl (C=O) groups excluding carboxylic acids is 1. The Balaban J connectivity index is 2.09. The summed E-state index contributed by atoms with van der Waals surface area (Å²) in [5.74, 6) is 0.770. The number of hydrogen-bond acceptors (Lipinski definition) is 3. The average Bonchev–Trinajstić information content (AvgIpc) is 2.35. The number of amides is 1. The molecule has 0 saturated carbocycles. The van der Waals surface area contributed by atoms with E-state index >= 15 is 0 Å². The van der Waals surface area contributed by atoms with Crippen LogP contribution in [0, 0.1) is 0 Å². The summed E-state index contributed by atoms with van der Waals surface area (Å²) in [5.41, 5.74) is 0. The molecule has 2 N–H and O–H groups in total. The van der Waals surface area contributed by atoms with Crippen molar-refractivity contribution < 1.29 is 9.53 Å². The summed E-state index contributed by atoms with van der Waals surface area (Å²) in [6.45, 7) is 1.80. The van der Waals surface area contributed by atoms with E-state index in [9.17, 15) is 4.79 Å². The number of halogens is 1. The zero-order valence-electron chi connectivity index (χ0n) is 10.5. The van der Waals surface area contributed by atoms with Gasteiger partial charge < -0.3 is 15.4 Å². The maximum Gasteiger partial charge on any atom is 0.220 e. The highest BCUT2D eigenvalue weighted by atomic mass is 35.5. The number of benzene rings is 1. The van der Waals surface area contributed by atoms with E-state index in [0.717, 1.165) is 13.0 Å². The van der Waals surface area contributed by atoms with Crippen LogP contribution >= 0.6 is 11.6 Å². The zero-order valence-corrected chi connectivity index (χ0v) is 11.3. The lowest BCUT2D eigenvalue weighted by atomic mass is 10.3. The molecule has 4 nitrogen and oxygen atoms in total. The van der Waals surface area contributed by atoms with Crippen LogP contribution in [0.15, 0.2) is 24.3 Å².